The quantitative estimate of drug-likeness (QED) is 0.690. The van der Waals surface area contributed by atoms with Crippen molar-refractivity contribution in [2.75, 3.05) is 27.3 Å². The highest BCUT2D eigenvalue weighted by atomic mass is 16.5. The third kappa shape index (κ3) is 5.18. The number of aryl methyl sites for hydroxylation is 1. The van der Waals surface area contributed by atoms with E-state index in [0.717, 1.165) is 11.3 Å². The molecule has 1 saturated heterocycles. The third-order valence-electron chi connectivity index (χ3n) is 5.08. The molecule has 1 amide bonds. The van der Waals surface area contributed by atoms with Gasteiger partial charge in [-0.2, -0.15) is 5.10 Å². The van der Waals surface area contributed by atoms with Crippen LogP contribution < -0.4 is 15.0 Å². The lowest BCUT2D eigenvalue weighted by Crippen LogP contribution is -2.48. The molecule has 2 atom stereocenters. The van der Waals surface area contributed by atoms with Crippen LogP contribution in [0.1, 0.15) is 26.7 Å². The Morgan fingerprint density at radius 1 is 1.13 bits per heavy atom. The van der Waals surface area contributed by atoms with E-state index in [0.29, 0.717) is 43.9 Å². The van der Waals surface area contributed by atoms with Crippen LogP contribution in [0.3, 0.4) is 0 Å². The van der Waals surface area contributed by atoms with E-state index in [9.17, 15) is 9.59 Å². The fourth-order valence-corrected chi connectivity index (χ4v) is 3.66. The molecule has 0 unspecified atom stereocenters. The van der Waals surface area contributed by atoms with Gasteiger partial charge in [0.15, 0.2) is 5.75 Å². The lowest BCUT2D eigenvalue weighted by Gasteiger charge is -2.35. The molecule has 3 rings (SSSR count). The molecule has 1 aliphatic rings. The predicted molar refractivity (Wildman–Crippen MR) is 113 cm³/mol. The van der Waals surface area contributed by atoms with Crippen LogP contribution in [-0.4, -0.2) is 60.1 Å². The molecule has 0 radical (unpaired) electrons. The molecule has 0 bridgehead atoms. The number of aromatic nitrogens is 2. The minimum atomic E-state index is -0.259. The Labute approximate surface area is 176 Å². The fraction of sp³-hybridized carbons (Fsp3) is 0.500. The van der Waals surface area contributed by atoms with Crippen LogP contribution in [0.4, 0.5) is 0 Å². The lowest BCUT2D eigenvalue weighted by molar-refractivity contribution is -0.143. The summed E-state index contributed by atoms with van der Waals surface area (Å²) in [7, 11) is 3.12. The Bertz CT molecular complexity index is 915. The van der Waals surface area contributed by atoms with E-state index in [1.54, 1.807) is 7.11 Å². The number of benzene rings is 1. The van der Waals surface area contributed by atoms with Gasteiger partial charge in [0, 0.05) is 37.7 Å². The number of hydrogen-bond donors (Lipinski definition) is 0. The molecule has 30 heavy (non-hydrogen) atoms. The summed E-state index contributed by atoms with van der Waals surface area (Å²) >= 11 is 0. The average molecular weight is 415 g/mol. The van der Waals surface area contributed by atoms with Crippen molar-refractivity contribution in [3.8, 4) is 22.8 Å². The van der Waals surface area contributed by atoms with Gasteiger partial charge < -0.3 is 19.1 Å². The Kier molecular flexibility index (Phi) is 7.10. The van der Waals surface area contributed by atoms with Crippen molar-refractivity contribution in [1.82, 2.24) is 14.7 Å². The van der Waals surface area contributed by atoms with E-state index in [-0.39, 0.29) is 23.7 Å². The van der Waals surface area contributed by atoms with Crippen LogP contribution in [0.15, 0.2) is 35.1 Å². The third-order valence-corrected chi connectivity index (χ3v) is 5.08. The van der Waals surface area contributed by atoms with Crippen molar-refractivity contribution in [2.24, 2.45) is 0 Å². The first-order chi connectivity index (χ1) is 14.4. The Morgan fingerprint density at radius 2 is 1.80 bits per heavy atom. The van der Waals surface area contributed by atoms with Gasteiger partial charge in [-0.25, -0.2) is 4.68 Å². The number of rotatable bonds is 7. The molecular weight excluding hydrogens is 386 g/mol. The number of carbonyl (C=O) groups excluding carboxylic acids is 1. The molecule has 0 aliphatic carbocycles. The van der Waals surface area contributed by atoms with E-state index >= 15 is 0 Å². The molecule has 1 aromatic carbocycles. The van der Waals surface area contributed by atoms with E-state index in [4.69, 9.17) is 14.2 Å². The second-order valence-electron chi connectivity index (χ2n) is 7.51. The molecule has 162 valence electrons. The molecule has 2 heterocycles. The number of ether oxygens (including phenoxy) is 3. The molecule has 0 saturated carbocycles. The highest BCUT2D eigenvalue weighted by molar-refractivity contribution is 5.76. The predicted octanol–water partition coefficient (Wildman–Crippen LogP) is 2.34. The zero-order valence-corrected chi connectivity index (χ0v) is 18.0. The first-order valence-corrected chi connectivity index (χ1v) is 10.1. The molecular formula is C22H29N3O5. The summed E-state index contributed by atoms with van der Waals surface area (Å²) in [5.41, 5.74) is 1.13. The smallest absolute Gasteiger partial charge is 0.270 e. The number of hydrogen-bond acceptors (Lipinski definition) is 6. The van der Waals surface area contributed by atoms with Gasteiger partial charge in [-0.1, -0.05) is 0 Å². The van der Waals surface area contributed by atoms with Crippen LogP contribution >= 0.6 is 0 Å². The summed E-state index contributed by atoms with van der Waals surface area (Å²) in [5, 5.41) is 4.50. The maximum atomic E-state index is 12.5. The maximum Gasteiger partial charge on any atom is 0.270 e. The number of nitrogens with zero attached hydrogens (tertiary/aromatic N) is 3. The Morgan fingerprint density at radius 3 is 2.40 bits per heavy atom. The van der Waals surface area contributed by atoms with Gasteiger partial charge in [0.1, 0.15) is 11.4 Å². The van der Waals surface area contributed by atoms with E-state index < -0.39 is 0 Å². The number of methoxy groups -OCH3 is 2. The van der Waals surface area contributed by atoms with Gasteiger partial charge >= 0.3 is 0 Å². The molecule has 1 fully saturated rings. The van der Waals surface area contributed by atoms with Crippen molar-refractivity contribution in [3.05, 3.63) is 40.7 Å². The standard InChI is InChI=1S/C22H29N3O5/c1-15-13-24(14-16(2)30-15)20(26)6-5-11-25-21(27)12-19(29-4)22(23-25)17-7-9-18(28-3)10-8-17/h7-10,12,15-16H,5-6,11,13-14H2,1-4H3/t15-,16-/m1/s1. The Balaban J connectivity index is 1.70. The topological polar surface area (TPSA) is 82.9 Å². The van der Waals surface area contributed by atoms with Crippen LogP contribution in [0.25, 0.3) is 11.3 Å². The maximum absolute atomic E-state index is 12.5. The minimum Gasteiger partial charge on any atom is -0.497 e. The molecule has 8 heteroatoms. The normalized spacial score (nSPS) is 18.9. The summed E-state index contributed by atoms with van der Waals surface area (Å²) in [6.45, 7) is 5.50. The van der Waals surface area contributed by atoms with Gasteiger partial charge in [0.25, 0.3) is 5.56 Å². The van der Waals surface area contributed by atoms with Crippen molar-refractivity contribution >= 4 is 5.91 Å². The fourth-order valence-electron chi connectivity index (χ4n) is 3.66. The van der Waals surface area contributed by atoms with Gasteiger partial charge in [0.05, 0.1) is 26.4 Å². The number of amides is 1. The van der Waals surface area contributed by atoms with E-state index in [1.165, 1.54) is 17.9 Å². The average Bonchev–Trinajstić information content (AvgIpc) is 2.73. The van der Waals surface area contributed by atoms with Gasteiger partial charge in [0.2, 0.25) is 5.91 Å². The molecule has 0 N–H and O–H groups in total. The Hall–Kier alpha value is -2.87. The minimum absolute atomic E-state index is 0.0376. The first kappa shape index (κ1) is 21.8. The van der Waals surface area contributed by atoms with Crippen molar-refractivity contribution in [3.63, 3.8) is 0 Å². The summed E-state index contributed by atoms with van der Waals surface area (Å²) < 4.78 is 17.6. The second-order valence-corrected chi connectivity index (χ2v) is 7.51. The summed E-state index contributed by atoms with van der Waals surface area (Å²) in [6.07, 6.45) is 0.962. The summed E-state index contributed by atoms with van der Waals surface area (Å²) in [4.78, 5) is 26.8. The number of morpholine rings is 1. The molecule has 2 aromatic rings. The molecule has 1 aliphatic heterocycles. The first-order valence-electron chi connectivity index (χ1n) is 10.1. The monoisotopic (exact) mass is 415 g/mol. The largest absolute Gasteiger partial charge is 0.497 e. The zero-order valence-electron chi connectivity index (χ0n) is 18.0. The van der Waals surface area contributed by atoms with Crippen LogP contribution in [0, 0.1) is 0 Å². The van der Waals surface area contributed by atoms with Crippen LogP contribution in [-0.2, 0) is 16.1 Å². The van der Waals surface area contributed by atoms with E-state index in [1.807, 2.05) is 43.0 Å². The van der Waals surface area contributed by atoms with Crippen LogP contribution in [0.2, 0.25) is 0 Å². The molecule has 8 nitrogen and oxygen atoms in total. The van der Waals surface area contributed by atoms with Gasteiger partial charge in [-0.3, -0.25) is 9.59 Å². The SMILES string of the molecule is COc1ccc(-c2nn(CCCC(=O)N3C[C@@H](C)O[C@H](C)C3)c(=O)cc2OC)cc1. The summed E-state index contributed by atoms with van der Waals surface area (Å²) in [6, 6.07) is 8.81. The van der Waals surface area contributed by atoms with Crippen molar-refractivity contribution in [2.45, 2.75) is 45.4 Å². The zero-order chi connectivity index (χ0) is 21.7. The second kappa shape index (κ2) is 9.75. The van der Waals surface area contributed by atoms with Gasteiger partial charge in [-0.15, -0.1) is 0 Å². The van der Waals surface area contributed by atoms with Crippen molar-refractivity contribution in [1.29, 1.82) is 0 Å². The molecule has 0 spiro atoms. The lowest BCUT2D eigenvalue weighted by atomic mass is 10.1. The van der Waals surface area contributed by atoms with Crippen molar-refractivity contribution < 1.29 is 19.0 Å². The summed E-state index contributed by atoms with van der Waals surface area (Å²) in [5.74, 6) is 1.22. The van der Waals surface area contributed by atoms with Gasteiger partial charge in [-0.05, 0) is 44.5 Å². The highest BCUT2D eigenvalue weighted by Crippen LogP contribution is 2.27. The highest BCUT2D eigenvalue weighted by Gasteiger charge is 2.25. The van der Waals surface area contributed by atoms with E-state index in [2.05, 4.69) is 5.10 Å². The number of carbonyl (C=O) groups is 1. The van der Waals surface area contributed by atoms with Crippen LogP contribution in [0.5, 0.6) is 11.5 Å². The molecule has 1 aromatic heterocycles.